The first-order chi connectivity index (χ1) is 25.8. The van der Waals surface area contributed by atoms with Crippen LogP contribution in [-0.2, 0) is 0 Å². The Hall–Kier alpha value is -6.76. The maximum Gasteiger partial charge on any atom is -0.00141 e. The van der Waals surface area contributed by atoms with Crippen molar-refractivity contribution in [1.29, 1.82) is 0 Å². The fraction of sp³-hybridized carbons (Fsp3) is 0. The average Bonchev–Trinajstić information content (AvgIpc) is 3.21. The second kappa shape index (κ2) is 10.4. The lowest BCUT2D eigenvalue weighted by molar-refractivity contribution is 1.67. The topological polar surface area (TPSA) is 0 Å². The van der Waals surface area contributed by atoms with Crippen molar-refractivity contribution in [2.24, 2.45) is 0 Å². The van der Waals surface area contributed by atoms with Crippen molar-refractivity contribution in [2.45, 2.75) is 0 Å². The van der Waals surface area contributed by atoms with Gasteiger partial charge in [-0.2, -0.15) is 0 Å². The zero-order chi connectivity index (χ0) is 33.9. The molecule has 0 N–H and O–H groups in total. The molecule has 12 aromatic carbocycles. The maximum atomic E-state index is 2.52. The summed E-state index contributed by atoms with van der Waals surface area (Å²) in [6.45, 7) is 0. The van der Waals surface area contributed by atoms with E-state index in [1.54, 1.807) is 0 Å². The Bertz CT molecular complexity index is 3440. The van der Waals surface area contributed by atoms with Crippen molar-refractivity contribution in [3.05, 3.63) is 182 Å². The molecule has 0 atom stereocenters. The van der Waals surface area contributed by atoms with Gasteiger partial charge in [0.1, 0.15) is 0 Å². The van der Waals surface area contributed by atoms with Gasteiger partial charge in [0.15, 0.2) is 0 Å². The molecule has 0 unspecified atom stereocenters. The molecule has 238 valence electrons. The number of hydrogen-bond acceptors (Lipinski definition) is 0. The summed E-state index contributed by atoms with van der Waals surface area (Å²) in [4.78, 5) is 0. The van der Waals surface area contributed by atoms with Gasteiger partial charge in [-0.25, -0.2) is 0 Å². The third-order valence-electron chi connectivity index (χ3n) is 11.7. The molecule has 12 rings (SSSR count). The van der Waals surface area contributed by atoms with Crippen LogP contribution in [-0.4, -0.2) is 0 Å². The second-order valence-electron chi connectivity index (χ2n) is 14.3. The highest BCUT2D eigenvalue weighted by Gasteiger charge is 2.21. The lowest BCUT2D eigenvalue weighted by atomic mass is 9.82. The highest BCUT2D eigenvalue weighted by molar-refractivity contribution is 6.38. The standard InChI is InChI=1S/C52H30/c1-2-12-32(13-3-1)46-39-18-6-7-19-40(39)51(52-38-17-5-4-11-31(38)27-28-44(46)52)37-29-36-26-25-35-15-9-21-42-41-20-8-14-33-23-24-34-16-10-22-43(49(34)47(33)41)45(30-37)50(36)48(35)42/h1-30H. The highest BCUT2D eigenvalue weighted by atomic mass is 14.2. The molecular weight excluding hydrogens is 625 g/mol. The van der Waals surface area contributed by atoms with E-state index in [1.165, 1.54) is 119 Å². The molecule has 0 saturated carbocycles. The van der Waals surface area contributed by atoms with Crippen LogP contribution in [0, 0.1) is 0 Å². The third-order valence-corrected chi connectivity index (χ3v) is 11.7. The van der Waals surface area contributed by atoms with Crippen molar-refractivity contribution >= 4 is 97.0 Å². The molecule has 0 aromatic heterocycles. The normalized spacial score (nSPS) is 12.2. The van der Waals surface area contributed by atoms with Gasteiger partial charge in [-0.1, -0.05) is 170 Å². The van der Waals surface area contributed by atoms with E-state index in [0.717, 1.165) is 0 Å². The van der Waals surface area contributed by atoms with E-state index in [4.69, 9.17) is 0 Å². The zero-order valence-corrected chi connectivity index (χ0v) is 28.3. The smallest absolute Gasteiger partial charge is 0.00141 e. The number of fused-ring (bicyclic) bond motifs is 6. The molecule has 0 saturated heterocycles. The molecule has 0 fully saturated rings. The van der Waals surface area contributed by atoms with Crippen LogP contribution in [0.2, 0.25) is 0 Å². The predicted molar refractivity (Wildman–Crippen MR) is 226 cm³/mol. The van der Waals surface area contributed by atoms with E-state index in [-0.39, 0.29) is 0 Å². The maximum absolute atomic E-state index is 2.52. The Labute approximate surface area is 300 Å². The molecule has 0 bridgehead atoms. The van der Waals surface area contributed by atoms with Gasteiger partial charge in [-0.15, -0.1) is 0 Å². The van der Waals surface area contributed by atoms with Crippen LogP contribution in [0.4, 0.5) is 0 Å². The van der Waals surface area contributed by atoms with Gasteiger partial charge < -0.3 is 0 Å². The number of benzene rings is 11. The Kier molecular flexibility index (Phi) is 5.59. The molecule has 52 heavy (non-hydrogen) atoms. The summed E-state index contributed by atoms with van der Waals surface area (Å²) >= 11 is 0. The average molecular weight is 655 g/mol. The number of hydrogen-bond donors (Lipinski definition) is 0. The molecule has 0 radical (unpaired) electrons. The minimum absolute atomic E-state index is 1.24. The summed E-state index contributed by atoms with van der Waals surface area (Å²) in [7, 11) is 0. The minimum Gasteiger partial charge on any atom is -0.0622 e. The van der Waals surface area contributed by atoms with Crippen molar-refractivity contribution in [3.8, 4) is 22.3 Å². The summed E-state index contributed by atoms with van der Waals surface area (Å²) in [5.74, 6) is 0. The monoisotopic (exact) mass is 654 g/mol. The van der Waals surface area contributed by atoms with Crippen LogP contribution in [0.25, 0.3) is 119 Å². The van der Waals surface area contributed by atoms with Crippen LogP contribution in [0.1, 0.15) is 0 Å². The van der Waals surface area contributed by atoms with Crippen LogP contribution in [0.5, 0.6) is 0 Å². The fourth-order valence-corrected chi connectivity index (χ4v) is 9.59. The van der Waals surface area contributed by atoms with Crippen molar-refractivity contribution in [3.63, 3.8) is 0 Å². The third kappa shape index (κ3) is 3.71. The Morgan fingerprint density at radius 3 is 1.31 bits per heavy atom. The first-order valence-electron chi connectivity index (χ1n) is 18.2. The van der Waals surface area contributed by atoms with Crippen LogP contribution in [0.15, 0.2) is 182 Å². The summed E-state index contributed by atoms with van der Waals surface area (Å²) in [5, 5.41) is 23.3. The van der Waals surface area contributed by atoms with Gasteiger partial charge in [0, 0.05) is 0 Å². The summed E-state index contributed by atoms with van der Waals surface area (Å²) in [6, 6.07) is 68.3. The molecular formula is C52H30. The minimum atomic E-state index is 1.24. The van der Waals surface area contributed by atoms with Gasteiger partial charge in [0.05, 0.1) is 0 Å². The highest BCUT2D eigenvalue weighted by Crippen LogP contribution is 2.49. The van der Waals surface area contributed by atoms with E-state index in [0.29, 0.717) is 0 Å². The van der Waals surface area contributed by atoms with Gasteiger partial charge in [0.2, 0.25) is 0 Å². The van der Waals surface area contributed by atoms with E-state index in [2.05, 4.69) is 182 Å². The predicted octanol–water partition coefficient (Wildman–Crippen LogP) is 14.8. The lowest BCUT2D eigenvalue weighted by Crippen LogP contribution is -1.93. The fourth-order valence-electron chi connectivity index (χ4n) is 9.59. The van der Waals surface area contributed by atoms with E-state index in [9.17, 15) is 0 Å². The van der Waals surface area contributed by atoms with E-state index < -0.39 is 0 Å². The number of rotatable bonds is 2. The van der Waals surface area contributed by atoms with Gasteiger partial charge >= 0.3 is 0 Å². The van der Waals surface area contributed by atoms with E-state index in [1.807, 2.05) is 0 Å². The zero-order valence-electron chi connectivity index (χ0n) is 28.3. The summed E-state index contributed by atoms with van der Waals surface area (Å²) in [6.07, 6.45) is 0. The molecule has 12 aromatic rings. The van der Waals surface area contributed by atoms with Gasteiger partial charge in [-0.05, 0) is 131 Å². The molecule has 0 spiro atoms. The van der Waals surface area contributed by atoms with Crippen LogP contribution in [0.3, 0.4) is 0 Å². The van der Waals surface area contributed by atoms with Crippen molar-refractivity contribution in [1.82, 2.24) is 0 Å². The van der Waals surface area contributed by atoms with E-state index >= 15 is 0 Å². The Balaban J connectivity index is 1.36. The molecule has 0 nitrogen and oxygen atoms in total. The summed E-state index contributed by atoms with van der Waals surface area (Å²) < 4.78 is 0. The summed E-state index contributed by atoms with van der Waals surface area (Å²) in [5.41, 5.74) is 5.07. The van der Waals surface area contributed by atoms with Crippen LogP contribution < -0.4 is 0 Å². The second-order valence-corrected chi connectivity index (χ2v) is 14.3. The van der Waals surface area contributed by atoms with Gasteiger partial charge in [0.25, 0.3) is 0 Å². The quantitative estimate of drug-likeness (QED) is 0.129. The molecule has 0 heterocycles. The molecule has 0 aliphatic heterocycles. The Morgan fingerprint density at radius 1 is 0.192 bits per heavy atom. The van der Waals surface area contributed by atoms with Crippen LogP contribution >= 0.6 is 0 Å². The SMILES string of the molecule is c1ccc(-c2c3ccccc3c(-c3cc4ccc5cccc6c7cccc8ccc9cccc(c(c3)c4c56)c9c87)c3c2ccc2ccccc23)cc1. The molecule has 0 amide bonds. The van der Waals surface area contributed by atoms with Crippen molar-refractivity contribution in [2.75, 3.05) is 0 Å². The Morgan fingerprint density at radius 2 is 0.654 bits per heavy atom. The molecule has 0 aliphatic carbocycles. The van der Waals surface area contributed by atoms with Gasteiger partial charge in [-0.3, -0.25) is 0 Å². The largest absolute Gasteiger partial charge is 0.0622 e. The molecule has 0 aliphatic rings. The first-order valence-corrected chi connectivity index (χ1v) is 18.2. The lowest BCUT2D eigenvalue weighted by Gasteiger charge is -2.21. The molecule has 0 heteroatoms. The first kappa shape index (κ1) is 28.0. The van der Waals surface area contributed by atoms with Crippen molar-refractivity contribution < 1.29 is 0 Å².